The Hall–Kier alpha value is -2.97. The monoisotopic (exact) mass is 360 g/mol. The van der Waals surface area contributed by atoms with Gasteiger partial charge in [-0.05, 0) is 17.7 Å². The largest absolute Gasteiger partial charge is 0.347 e. The van der Waals surface area contributed by atoms with Gasteiger partial charge in [-0.3, -0.25) is 9.59 Å². The highest BCUT2D eigenvalue weighted by Gasteiger charge is 2.23. The van der Waals surface area contributed by atoms with E-state index >= 15 is 0 Å². The van der Waals surface area contributed by atoms with Gasteiger partial charge >= 0.3 is 0 Å². The zero-order chi connectivity index (χ0) is 18.5. The summed E-state index contributed by atoms with van der Waals surface area (Å²) >= 11 is 0. The number of hydrogen-bond acceptors (Lipinski definition) is 5. The highest BCUT2D eigenvalue weighted by molar-refractivity contribution is 5.85. The molecule has 0 saturated carbocycles. The number of piperazine rings is 1. The van der Waals surface area contributed by atoms with E-state index in [0.29, 0.717) is 31.7 Å². The Bertz CT molecular complexity index is 785. The first-order valence-corrected chi connectivity index (χ1v) is 8.41. The predicted octanol–water partition coefficient (Wildman–Crippen LogP) is -0.0383. The third-order valence-electron chi connectivity index (χ3n) is 4.29. The number of carbonyl (C=O) groups excluding carboxylic acids is 2. The van der Waals surface area contributed by atoms with Crippen molar-refractivity contribution >= 4 is 17.8 Å². The van der Waals surface area contributed by atoms with Crippen molar-refractivity contribution in [3.05, 3.63) is 42.0 Å². The van der Waals surface area contributed by atoms with Crippen LogP contribution in [0.15, 0.2) is 30.6 Å². The molecule has 3 rings (SSSR count). The Morgan fingerprint density at radius 1 is 1.23 bits per heavy atom. The Balaban J connectivity index is 1.43. The molecule has 9 heteroatoms. The van der Waals surface area contributed by atoms with Gasteiger partial charge in [0.15, 0.2) is 0 Å². The number of carbonyl (C=O) groups is 2. The third-order valence-corrected chi connectivity index (χ3v) is 4.29. The highest BCUT2D eigenvalue weighted by atomic mass is 19.1. The molecule has 0 aliphatic carbocycles. The summed E-state index contributed by atoms with van der Waals surface area (Å²) in [7, 11) is 1.88. The van der Waals surface area contributed by atoms with Crippen molar-refractivity contribution in [2.45, 2.75) is 6.42 Å². The van der Waals surface area contributed by atoms with Gasteiger partial charge < -0.3 is 19.7 Å². The standard InChI is InChI=1S/C17H21FN6O2/c1-22-12-20-21-17(22)24-7-5-23(6-8-24)16(26)11-19-15(25)10-13-3-2-4-14(18)9-13/h2-4,9,12H,5-8,10-11H2,1H3,(H,19,25). The molecule has 1 aliphatic rings. The van der Waals surface area contributed by atoms with Crippen LogP contribution in [0.4, 0.5) is 10.3 Å². The number of aryl methyl sites for hydroxylation is 1. The second-order valence-electron chi connectivity index (χ2n) is 6.19. The number of rotatable bonds is 5. The van der Waals surface area contributed by atoms with Crippen LogP contribution in [0.1, 0.15) is 5.56 Å². The van der Waals surface area contributed by atoms with Crippen molar-refractivity contribution in [3.8, 4) is 0 Å². The lowest BCUT2D eigenvalue weighted by molar-refractivity contribution is -0.133. The minimum Gasteiger partial charge on any atom is -0.347 e. The Kier molecular flexibility index (Phi) is 5.45. The average molecular weight is 360 g/mol. The minimum absolute atomic E-state index is 0.0466. The van der Waals surface area contributed by atoms with Crippen LogP contribution in [-0.2, 0) is 23.1 Å². The first-order valence-electron chi connectivity index (χ1n) is 8.41. The molecule has 0 radical (unpaired) electrons. The number of amides is 2. The van der Waals surface area contributed by atoms with Crippen LogP contribution < -0.4 is 10.2 Å². The molecule has 1 N–H and O–H groups in total. The molecule has 138 valence electrons. The maximum Gasteiger partial charge on any atom is 0.242 e. The molecule has 26 heavy (non-hydrogen) atoms. The van der Waals surface area contributed by atoms with Crippen LogP contribution in [-0.4, -0.2) is 64.2 Å². The zero-order valence-corrected chi connectivity index (χ0v) is 14.6. The second kappa shape index (κ2) is 7.94. The molecule has 2 heterocycles. The molecule has 0 bridgehead atoms. The lowest BCUT2D eigenvalue weighted by atomic mass is 10.1. The van der Waals surface area contributed by atoms with E-state index in [2.05, 4.69) is 20.4 Å². The van der Waals surface area contributed by atoms with Gasteiger partial charge in [-0.15, -0.1) is 10.2 Å². The Morgan fingerprint density at radius 3 is 2.65 bits per heavy atom. The molecule has 2 aromatic rings. The topological polar surface area (TPSA) is 83.4 Å². The maximum atomic E-state index is 13.1. The highest BCUT2D eigenvalue weighted by Crippen LogP contribution is 2.11. The number of aromatic nitrogens is 3. The molecular weight excluding hydrogens is 339 g/mol. The van der Waals surface area contributed by atoms with Crippen molar-refractivity contribution in [2.24, 2.45) is 7.05 Å². The predicted molar refractivity (Wildman–Crippen MR) is 92.9 cm³/mol. The van der Waals surface area contributed by atoms with Crippen LogP contribution in [0.2, 0.25) is 0 Å². The van der Waals surface area contributed by atoms with E-state index in [1.165, 1.54) is 12.1 Å². The van der Waals surface area contributed by atoms with Crippen LogP contribution in [0.25, 0.3) is 0 Å². The van der Waals surface area contributed by atoms with Crippen molar-refractivity contribution < 1.29 is 14.0 Å². The molecule has 0 atom stereocenters. The van der Waals surface area contributed by atoms with Gasteiger partial charge in [0.25, 0.3) is 0 Å². The SMILES string of the molecule is Cn1cnnc1N1CCN(C(=O)CNC(=O)Cc2cccc(F)c2)CC1. The van der Waals surface area contributed by atoms with Crippen molar-refractivity contribution in [2.75, 3.05) is 37.6 Å². The normalized spacial score (nSPS) is 14.4. The molecule has 1 aromatic heterocycles. The van der Waals surface area contributed by atoms with Gasteiger partial charge in [0, 0.05) is 33.2 Å². The minimum atomic E-state index is -0.382. The summed E-state index contributed by atoms with van der Waals surface area (Å²) in [5, 5.41) is 10.5. The molecule has 0 spiro atoms. The molecule has 0 unspecified atom stereocenters. The van der Waals surface area contributed by atoms with Crippen LogP contribution in [0.3, 0.4) is 0 Å². The summed E-state index contributed by atoms with van der Waals surface area (Å²) in [5.74, 6) is -0.0375. The molecule has 1 fully saturated rings. The van der Waals surface area contributed by atoms with E-state index in [4.69, 9.17) is 0 Å². The Morgan fingerprint density at radius 2 is 2.00 bits per heavy atom. The van der Waals surface area contributed by atoms with Crippen LogP contribution in [0.5, 0.6) is 0 Å². The summed E-state index contributed by atoms with van der Waals surface area (Å²) < 4.78 is 15.0. The molecule has 1 aromatic carbocycles. The van der Waals surface area contributed by atoms with E-state index < -0.39 is 0 Å². The van der Waals surface area contributed by atoms with Gasteiger partial charge in [-0.2, -0.15) is 0 Å². The molecule has 2 amide bonds. The number of nitrogens with one attached hydrogen (secondary N) is 1. The van der Waals surface area contributed by atoms with Gasteiger partial charge in [0.05, 0.1) is 13.0 Å². The lowest BCUT2D eigenvalue weighted by Gasteiger charge is -2.35. The number of benzene rings is 1. The summed E-state index contributed by atoms with van der Waals surface area (Å²) in [5.41, 5.74) is 0.576. The Labute approximate surface area is 150 Å². The zero-order valence-electron chi connectivity index (χ0n) is 14.6. The van der Waals surface area contributed by atoms with E-state index in [-0.39, 0.29) is 30.6 Å². The van der Waals surface area contributed by atoms with Crippen molar-refractivity contribution in [1.29, 1.82) is 0 Å². The first kappa shape index (κ1) is 17.8. The van der Waals surface area contributed by atoms with E-state index in [1.54, 1.807) is 23.4 Å². The molecular formula is C17H21FN6O2. The quantitative estimate of drug-likeness (QED) is 0.809. The molecule has 8 nitrogen and oxygen atoms in total. The summed E-state index contributed by atoms with van der Waals surface area (Å²) in [4.78, 5) is 28.0. The van der Waals surface area contributed by atoms with Crippen molar-refractivity contribution in [1.82, 2.24) is 25.0 Å². The summed E-state index contributed by atoms with van der Waals surface area (Å²) in [6, 6.07) is 5.87. The number of anilines is 1. The fourth-order valence-electron chi connectivity index (χ4n) is 2.90. The van der Waals surface area contributed by atoms with Crippen LogP contribution in [0, 0.1) is 5.82 Å². The van der Waals surface area contributed by atoms with Gasteiger partial charge in [0.1, 0.15) is 12.1 Å². The summed E-state index contributed by atoms with van der Waals surface area (Å²) in [6.45, 7) is 2.39. The number of halogens is 1. The van der Waals surface area contributed by atoms with Crippen molar-refractivity contribution in [3.63, 3.8) is 0 Å². The number of hydrogen-bond donors (Lipinski definition) is 1. The van der Waals surface area contributed by atoms with Gasteiger partial charge in [0.2, 0.25) is 17.8 Å². The molecule has 1 aliphatic heterocycles. The fraction of sp³-hybridized carbons (Fsp3) is 0.412. The van der Waals surface area contributed by atoms with Gasteiger partial charge in [-0.25, -0.2) is 4.39 Å². The van der Waals surface area contributed by atoms with E-state index in [9.17, 15) is 14.0 Å². The molecule has 1 saturated heterocycles. The fourth-order valence-corrected chi connectivity index (χ4v) is 2.90. The number of nitrogens with zero attached hydrogens (tertiary/aromatic N) is 5. The smallest absolute Gasteiger partial charge is 0.242 e. The average Bonchev–Trinajstić information content (AvgIpc) is 3.06. The van der Waals surface area contributed by atoms with Gasteiger partial charge in [-0.1, -0.05) is 12.1 Å². The van der Waals surface area contributed by atoms with E-state index in [1.807, 2.05) is 11.6 Å². The second-order valence-corrected chi connectivity index (χ2v) is 6.19. The summed E-state index contributed by atoms with van der Waals surface area (Å²) in [6.07, 6.45) is 1.69. The third kappa shape index (κ3) is 4.35. The first-order chi connectivity index (χ1) is 12.5. The maximum absolute atomic E-state index is 13.1. The lowest BCUT2D eigenvalue weighted by Crippen LogP contribution is -2.51. The van der Waals surface area contributed by atoms with Crippen LogP contribution >= 0.6 is 0 Å². The van der Waals surface area contributed by atoms with E-state index in [0.717, 1.165) is 5.95 Å².